The van der Waals surface area contributed by atoms with Gasteiger partial charge in [-0.1, -0.05) is 0 Å². The predicted molar refractivity (Wildman–Crippen MR) is 68.9 cm³/mol. The van der Waals surface area contributed by atoms with Crippen LogP contribution >= 0.6 is 8.19 Å². The summed E-state index contributed by atoms with van der Waals surface area (Å²) >= 11 is 0. The first-order valence-corrected chi connectivity index (χ1v) is 6.09. The van der Waals surface area contributed by atoms with Gasteiger partial charge in [-0.05, 0) is 54.6 Å². The van der Waals surface area contributed by atoms with E-state index in [4.69, 9.17) is 0 Å². The Hall–Kier alpha value is 0.133. The molecule has 1 atom stereocenters. The average molecular weight is 375 g/mol. The number of aryl methyl sites for hydroxylation is 1. The molecule has 0 bridgehead atoms. The van der Waals surface area contributed by atoms with E-state index in [1.54, 1.807) is 0 Å². The molecule has 0 saturated carbocycles. The van der Waals surface area contributed by atoms with E-state index in [2.05, 4.69) is 37.1 Å². The maximum atomic E-state index is 4.38. The van der Waals surface area contributed by atoms with Gasteiger partial charge in [0.05, 0.1) is 5.70 Å². The van der Waals surface area contributed by atoms with E-state index >= 15 is 0 Å². The molecule has 0 aromatic carbocycles. The van der Waals surface area contributed by atoms with Crippen molar-refractivity contribution in [2.45, 2.75) is 13.8 Å². The van der Waals surface area contributed by atoms with Crippen LogP contribution in [0, 0.1) is 6.92 Å². The van der Waals surface area contributed by atoms with Crippen molar-refractivity contribution in [3.05, 3.63) is 46.1 Å². The van der Waals surface area contributed by atoms with Gasteiger partial charge in [0.2, 0.25) is 0 Å². The van der Waals surface area contributed by atoms with Crippen molar-refractivity contribution in [1.29, 1.82) is 0 Å². The molecule has 3 rings (SSSR count). The number of rotatable bonds is 0. The zero-order chi connectivity index (χ0) is 10.4. The summed E-state index contributed by atoms with van der Waals surface area (Å²) in [6, 6.07) is 2.31. The standard InChI is InChI=1S/C13H12NP.2ClH.Zr/c1-8-6-10(12-4-3-5-14-12)11-7-9(2)15-13(8)11;;;/h3-7,15H,1-2H3;2*1H;/q;;;+2/p-2. The van der Waals surface area contributed by atoms with Gasteiger partial charge < -0.3 is 24.8 Å². The Morgan fingerprint density at radius 3 is 2.50 bits per heavy atom. The minimum atomic E-state index is 0. The van der Waals surface area contributed by atoms with E-state index < -0.39 is 0 Å². The molecule has 1 nitrogen and oxygen atoms in total. The summed E-state index contributed by atoms with van der Waals surface area (Å²) in [7, 11) is 0.861. The molecule has 0 N–H and O–H groups in total. The second kappa shape index (κ2) is 7.06. The van der Waals surface area contributed by atoms with Gasteiger partial charge >= 0.3 is 26.2 Å². The van der Waals surface area contributed by atoms with Crippen LogP contribution in [0.25, 0.3) is 11.1 Å². The second-order valence-corrected chi connectivity index (χ2v) is 5.54. The molecule has 0 saturated heterocycles. The Labute approximate surface area is 141 Å². The fourth-order valence-corrected chi connectivity index (χ4v) is 3.37. The molecule has 0 spiro atoms. The maximum Gasteiger partial charge on any atom is 2.00 e. The van der Waals surface area contributed by atoms with Gasteiger partial charge in [-0.25, -0.2) is 0 Å². The van der Waals surface area contributed by atoms with Gasteiger partial charge in [-0.2, -0.15) is 0 Å². The third-order valence-electron chi connectivity index (χ3n) is 2.83. The molecule has 2 heterocycles. The molecule has 5 heteroatoms. The summed E-state index contributed by atoms with van der Waals surface area (Å²) in [5, 5.41) is 3.00. The van der Waals surface area contributed by atoms with Crippen LogP contribution in [0.4, 0.5) is 0 Å². The quantitative estimate of drug-likeness (QED) is 0.488. The number of hydrogen-bond donors (Lipinski definition) is 0. The van der Waals surface area contributed by atoms with Gasteiger partial charge in [0.15, 0.2) is 0 Å². The largest absolute Gasteiger partial charge is 2.00 e. The number of halogens is 2. The number of allylic oxidation sites excluding steroid dienone is 5. The molecule has 1 aliphatic heterocycles. The van der Waals surface area contributed by atoms with Crippen molar-refractivity contribution in [2.75, 3.05) is 0 Å². The molecule has 1 aromatic rings. The summed E-state index contributed by atoms with van der Waals surface area (Å²) in [5.41, 5.74) is 5.23. The van der Waals surface area contributed by atoms with Crippen LogP contribution in [-0.2, 0) is 26.2 Å². The van der Waals surface area contributed by atoms with E-state index in [1.807, 2.05) is 12.3 Å². The smallest absolute Gasteiger partial charge is 1.00 e. The molecule has 1 aliphatic carbocycles. The first-order valence-electron chi connectivity index (χ1n) is 5.09. The Morgan fingerprint density at radius 1 is 1.17 bits per heavy atom. The van der Waals surface area contributed by atoms with Crippen LogP contribution in [0.2, 0.25) is 0 Å². The molecular weight excluding hydrogens is 363 g/mol. The van der Waals surface area contributed by atoms with Crippen LogP contribution in [0.15, 0.2) is 35.0 Å². The fraction of sp³-hybridized carbons (Fsp3) is 0.154. The Balaban J connectivity index is 0.000000963. The normalized spacial score (nSPS) is 19.1. The van der Waals surface area contributed by atoms with Crippen molar-refractivity contribution in [1.82, 2.24) is 0 Å². The topological polar surface area (TPSA) is 12.4 Å². The first-order chi connectivity index (χ1) is 7.25. The summed E-state index contributed by atoms with van der Waals surface area (Å²) in [6.45, 7) is 4.41. The Kier molecular flexibility index (Phi) is 7.11. The molecule has 92 valence electrons. The minimum absolute atomic E-state index is 0. The summed E-state index contributed by atoms with van der Waals surface area (Å²) in [5.74, 6) is 0. The third-order valence-corrected chi connectivity index (χ3v) is 4.28. The van der Waals surface area contributed by atoms with Crippen molar-refractivity contribution in [3.63, 3.8) is 0 Å². The number of aliphatic imine (C=N–C) groups is 1. The molecule has 0 fully saturated rings. The summed E-state index contributed by atoms with van der Waals surface area (Å²) in [4.78, 5) is 4.38. The van der Waals surface area contributed by atoms with E-state index in [1.165, 1.54) is 27.3 Å². The van der Waals surface area contributed by atoms with Gasteiger partial charge in [0.25, 0.3) is 0 Å². The van der Waals surface area contributed by atoms with Crippen LogP contribution in [0.1, 0.15) is 23.1 Å². The second-order valence-electron chi connectivity index (χ2n) is 4.00. The molecular formula is C13H12Cl2NPZr. The minimum Gasteiger partial charge on any atom is -1.00 e. The van der Waals surface area contributed by atoms with Gasteiger partial charge in [-0.3, -0.25) is 4.99 Å². The fourth-order valence-electron chi connectivity index (χ4n) is 2.15. The van der Waals surface area contributed by atoms with E-state index in [0.29, 0.717) is 0 Å². The molecule has 2 aliphatic rings. The average Bonchev–Trinajstić information content (AvgIpc) is 2.85. The van der Waals surface area contributed by atoms with Gasteiger partial charge in [-0.15, -0.1) is 8.19 Å². The van der Waals surface area contributed by atoms with E-state index in [9.17, 15) is 0 Å². The van der Waals surface area contributed by atoms with E-state index in [0.717, 1.165) is 13.9 Å². The molecule has 0 amide bonds. The zero-order valence-corrected chi connectivity index (χ0v) is 15.1. The van der Waals surface area contributed by atoms with Crippen LogP contribution in [0.3, 0.4) is 0 Å². The number of nitrogens with zero attached hydrogens (tertiary/aromatic N) is 1. The van der Waals surface area contributed by atoms with Gasteiger partial charge in [0.1, 0.15) is 0 Å². The van der Waals surface area contributed by atoms with Crippen molar-refractivity contribution < 1.29 is 51.0 Å². The monoisotopic (exact) mass is 373 g/mol. The van der Waals surface area contributed by atoms with Crippen LogP contribution in [0.5, 0.6) is 0 Å². The summed E-state index contributed by atoms with van der Waals surface area (Å²) in [6.07, 6.45) is 8.21. The molecule has 0 radical (unpaired) electrons. The predicted octanol–water partition coefficient (Wildman–Crippen LogP) is -2.20. The van der Waals surface area contributed by atoms with Crippen molar-refractivity contribution >= 4 is 25.6 Å². The van der Waals surface area contributed by atoms with Crippen LogP contribution < -0.4 is 24.8 Å². The Morgan fingerprint density at radius 2 is 1.89 bits per heavy atom. The van der Waals surface area contributed by atoms with Crippen molar-refractivity contribution in [3.8, 4) is 0 Å². The van der Waals surface area contributed by atoms with E-state index in [-0.39, 0.29) is 51.0 Å². The van der Waals surface area contributed by atoms with Crippen molar-refractivity contribution in [2.24, 2.45) is 4.99 Å². The molecule has 18 heavy (non-hydrogen) atoms. The maximum absolute atomic E-state index is 4.38. The summed E-state index contributed by atoms with van der Waals surface area (Å²) < 4.78 is 0. The zero-order valence-electron chi connectivity index (χ0n) is 10.1. The Bertz CT molecular complexity index is 554. The van der Waals surface area contributed by atoms with Crippen LogP contribution in [-0.4, -0.2) is 6.21 Å². The molecule has 1 aromatic heterocycles. The number of hydrogen-bond acceptors (Lipinski definition) is 1. The molecule has 1 unspecified atom stereocenters. The SMILES string of the molecule is CC1=CC(=C2C=CC=N2)c2cc(C)[pH]c21.[Cl-].[Cl-].[Zr+2]. The number of fused-ring (bicyclic) bond motifs is 1. The van der Waals surface area contributed by atoms with Gasteiger partial charge in [0, 0.05) is 17.1 Å². The first kappa shape index (κ1) is 18.1. The third kappa shape index (κ3) is 2.99.